The normalized spacial score (nSPS) is 14.5. The maximum absolute atomic E-state index is 11.3. The van der Waals surface area contributed by atoms with Crippen LogP contribution in [0.2, 0.25) is 0 Å². The number of nitrogens with zero attached hydrogens (tertiary/aromatic N) is 2. The molecule has 0 fully saturated rings. The third-order valence-electron chi connectivity index (χ3n) is 3.38. The first-order chi connectivity index (χ1) is 9.63. The van der Waals surface area contributed by atoms with Gasteiger partial charge in [-0.15, -0.1) is 0 Å². The first-order valence-corrected chi connectivity index (χ1v) is 6.47. The van der Waals surface area contributed by atoms with Gasteiger partial charge in [0, 0.05) is 6.04 Å². The molecule has 1 aromatic carbocycles. The summed E-state index contributed by atoms with van der Waals surface area (Å²) in [6, 6.07) is 6.06. The molecule has 3 rings (SSSR count). The number of aromatic nitrogens is 5. The van der Waals surface area contributed by atoms with Crippen molar-refractivity contribution in [1.82, 2.24) is 30.5 Å². The molecule has 104 valence electrons. The Kier molecular flexibility index (Phi) is 3.11. The van der Waals surface area contributed by atoms with Gasteiger partial charge in [-0.3, -0.25) is 5.10 Å². The summed E-state index contributed by atoms with van der Waals surface area (Å²) in [5.74, 6) is 0.799. The minimum Gasteiger partial charge on any atom is -0.306 e. The maximum Gasteiger partial charge on any atom is 0.323 e. The molecule has 0 saturated carbocycles. The molecule has 0 aliphatic carbocycles. The molecule has 7 nitrogen and oxygen atoms in total. The molecule has 0 bridgehead atoms. The van der Waals surface area contributed by atoms with Gasteiger partial charge in [0.05, 0.1) is 17.1 Å². The number of imidazole rings is 1. The number of benzene rings is 1. The highest BCUT2D eigenvalue weighted by Crippen LogP contribution is 2.19. The van der Waals surface area contributed by atoms with E-state index in [1.54, 1.807) is 0 Å². The summed E-state index contributed by atoms with van der Waals surface area (Å²) in [5.41, 5.74) is 2.54. The monoisotopic (exact) mass is 272 g/mol. The molecule has 0 aliphatic rings. The van der Waals surface area contributed by atoms with Crippen LogP contribution in [-0.2, 0) is 0 Å². The number of nitrogens with one attached hydrogen (secondary N) is 4. The lowest BCUT2D eigenvalue weighted by atomic mass is 10.1. The Labute approximate surface area is 114 Å². The van der Waals surface area contributed by atoms with E-state index in [0.29, 0.717) is 0 Å². The van der Waals surface area contributed by atoms with Crippen LogP contribution in [0, 0.1) is 0 Å². The van der Waals surface area contributed by atoms with Crippen molar-refractivity contribution in [2.24, 2.45) is 0 Å². The van der Waals surface area contributed by atoms with E-state index >= 15 is 0 Å². The molecule has 2 atom stereocenters. The highest BCUT2D eigenvalue weighted by Gasteiger charge is 2.13. The van der Waals surface area contributed by atoms with Crippen molar-refractivity contribution in [3.63, 3.8) is 0 Å². The van der Waals surface area contributed by atoms with Crippen LogP contribution >= 0.6 is 0 Å². The molecule has 2 aromatic heterocycles. The van der Waals surface area contributed by atoms with Crippen LogP contribution in [0.5, 0.6) is 0 Å². The molecule has 0 spiro atoms. The first-order valence-electron chi connectivity index (χ1n) is 6.47. The molecular formula is C13H16N6O. The van der Waals surface area contributed by atoms with Gasteiger partial charge < -0.3 is 15.3 Å². The second kappa shape index (κ2) is 4.93. The van der Waals surface area contributed by atoms with E-state index in [4.69, 9.17) is 0 Å². The smallest absolute Gasteiger partial charge is 0.306 e. The fourth-order valence-corrected chi connectivity index (χ4v) is 2.29. The number of rotatable bonds is 4. The number of hydrogen-bond donors (Lipinski definition) is 4. The molecule has 0 aliphatic heterocycles. The van der Waals surface area contributed by atoms with Crippen molar-refractivity contribution in [1.29, 1.82) is 0 Å². The Hall–Kier alpha value is -2.41. The second-order valence-electron chi connectivity index (χ2n) is 4.86. The summed E-state index contributed by atoms with van der Waals surface area (Å²) in [7, 11) is 0. The summed E-state index contributed by atoms with van der Waals surface area (Å²) in [6.45, 7) is 4.09. The minimum absolute atomic E-state index is 0.0634. The van der Waals surface area contributed by atoms with Gasteiger partial charge in [-0.2, -0.15) is 5.10 Å². The number of fused-ring (bicyclic) bond motifs is 1. The van der Waals surface area contributed by atoms with Crippen LogP contribution in [0.4, 0.5) is 0 Å². The van der Waals surface area contributed by atoms with E-state index < -0.39 is 0 Å². The fraction of sp³-hybridized carbons (Fsp3) is 0.308. The van der Waals surface area contributed by atoms with E-state index in [1.165, 1.54) is 6.33 Å². The molecule has 0 radical (unpaired) electrons. The van der Waals surface area contributed by atoms with Gasteiger partial charge in [-0.1, -0.05) is 6.07 Å². The predicted molar refractivity (Wildman–Crippen MR) is 75.3 cm³/mol. The van der Waals surface area contributed by atoms with Crippen LogP contribution < -0.4 is 11.0 Å². The van der Waals surface area contributed by atoms with Crippen molar-refractivity contribution < 1.29 is 0 Å². The predicted octanol–water partition coefficient (Wildman–Crippen LogP) is 1.39. The topological polar surface area (TPSA) is 102 Å². The summed E-state index contributed by atoms with van der Waals surface area (Å²) in [5, 5.41) is 10.1. The molecule has 20 heavy (non-hydrogen) atoms. The fourth-order valence-electron chi connectivity index (χ4n) is 2.29. The molecule has 7 heteroatoms. The van der Waals surface area contributed by atoms with Crippen LogP contribution in [0.15, 0.2) is 29.3 Å². The molecule has 2 unspecified atom stereocenters. The van der Waals surface area contributed by atoms with Crippen molar-refractivity contribution in [3.8, 4) is 0 Å². The first kappa shape index (κ1) is 12.6. The lowest BCUT2D eigenvalue weighted by Crippen LogP contribution is -2.23. The van der Waals surface area contributed by atoms with E-state index in [-0.39, 0.29) is 17.8 Å². The standard InChI is InChI=1S/C13H16N6O/c1-7(16-8(2)12-14-6-15-19-12)9-3-4-10-11(5-9)18-13(20)17-10/h3-8,16H,1-2H3,(H,14,15,19)(H2,17,18,20). The quantitative estimate of drug-likeness (QED) is 0.576. The van der Waals surface area contributed by atoms with Crippen molar-refractivity contribution in [3.05, 3.63) is 46.4 Å². The van der Waals surface area contributed by atoms with Gasteiger partial charge in [0.1, 0.15) is 12.2 Å². The summed E-state index contributed by atoms with van der Waals surface area (Å²) >= 11 is 0. The van der Waals surface area contributed by atoms with Crippen LogP contribution in [0.1, 0.15) is 37.3 Å². The van der Waals surface area contributed by atoms with Crippen LogP contribution in [0.3, 0.4) is 0 Å². The highest BCUT2D eigenvalue weighted by molar-refractivity contribution is 5.75. The Balaban J connectivity index is 1.81. The SMILES string of the molecule is CC(NC(C)c1ncn[nH]1)c1ccc2[nH]c(=O)[nH]c2c1. The molecule has 0 saturated heterocycles. The van der Waals surface area contributed by atoms with E-state index in [9.17, 15) is 4.79 Å². The summed E-state index contributed by atoms with van der Waals surface area (Å²) in [6.07, 6.45) is 1.49. The molecule has 4 N–H and O–H groups in total. The van der Waals surface area contributed by atoms with Crippen molar-refractivity contribution in [2.45, 2.75) is 25.9 Å². The highest BCUT2D eigenvalue weighted by atomic mass is 16.1. The molecule has 0 amide bonds. The Morgan fingerprint density at radius 3 is 2.70 bits per heavy atom. The minimum atomic E-state index is -0.187. The van der Waals surface area contributed by atoms with Crippen LogP contribution in [-0.4, -0.2) is 25.1 Å². The van der Waals surface area contributed by atoms with Gasteiger partial charge in [-0.25, -0.2) is 9.78 Å². The van der Waals surface area contributed by atoms with E-state index in [0.717, 1.165) is 22.4 Å². The molecule has 3 aromatic rings. The second-order valence-corrected chi connectivity index (χ2v) is 4.86. The van der Waals surface area contributed by atoms with Gasteiger partial charge >= 0.3 is 5.69 Å². The number of hydrogen-bond acceptors (Lipinski definition) is 4. The zero-order valence-electron chi connectivity index (χ0n) is 11.3. The zero-order valence-corrected chi connectivity index (χ0v) is 11.3. The Morgan fingerprint density at radius 2 is 1.95 bits per heavy atom. The average Bonchev–Trinajstić information content (AvgIpc) is 3.05. The summed E-state index contributed by atoms with van der Waals surface area (Å²) < 4.78 is 0. The van der Waals surface area contributed by atoms with E-state index in [2.05, 4.69) is 37.4 Å². The zero-order chi connectivity index (χ0) is 14.1. The van der Waals surface area contributed by atoms with Gasteiger partial charge in [0.2, 0.25) is 0 Å². The summed E-state index contributed by atoms with van der Waals surface area (Å²) in [4.78, 5) is 20.9. The van der Waals surface area contributed by atoms with Crippen molar-refractivity contribution >= 4 is 11.0 Å². The lowest BCUT2D eigenvalue weighted by molar-refractivity contribution is 0.478. The van der Waals surface area contributed by atoms with Gasteiger partial charge in [0.15, 0.2) is 0 Å². The maximum atomic E-state index is 11.3. The average molecular weight is 272 g/mol. The lowest BCUT2D eigenvalue weighted by Gasteiger charge is -2.18. The Morgan fingerprint density at radius 1 is 1.15 bits per heavy atom. The van der Waals surface area contributed by atoms with Crippen LogP contribution in [0.25, 0.3) is 11.0 Å². The Bertz CT molecular complexity index is 757. The third kappa shape index (κ3) is 2.35. The largest absolute Gasteiger partial charge is 0.323 e. The molecule has 2 heterocycles. The number of H-pyrrole nitrogens is 3. The third-order valence-corrected chi connectivity index (χ3v) is 3.38. The number of aromatic amines is 3. The van der Waals surface area contributed by atoms with Gasteiger partial charge in [0.25, 0.3) is 0 Å². The van der Waals surface area contributed by atoms with Gasteiger partial charge in [-0.05, 0) is 31.5 Å². The van der Waals surface area contributed by atoms with Crippen molar-refractivity contribution in [2.75, 3.05) is 0 Å². The van der Waals surface area contributed by atoms with E-state index in [1.807, 2.05) is 25.1 Å². The molecular weight excluding hydrogens is 256 g/mol.